The van der Waals surface area contributed by atoms with Crippen LogP contribution in [0, 0.1) is 0 Å². The lowest BCUT2D eigenvalue weighted by Gasteiger charge is -2.34. The van der Waals surface area contributed by atoms with Crippen LogP contribution in [0.25, 0.3) is 0 Å². The van der Waals surface area contributed by atoms with Gasteiger partial charge in [0, 0.05) is 35.4 Å². The van der Waals surface area contributed by atoms with Gasteiger partial charge in [0.15, 0.2) is 0 Å². The molecule has 0 aliphatic carbocycles. The number of thiophene rings is 1. The molecular formula is C16H26N2OS. The summed E-state index contributed by atoms with van der Waals surface area (Å²) in [7, 11) is 0. The van der Waals surface area contributed by atoms with Crippen LogP contribution in [-0.4, -0.2) is 48.7 Å². The second-order valence-electron chi connectivity index (χ2n) is 5.96. The number of likely N-dealkylation sites (tertiary alicyclic amines) is 1. The summed E-state index contributed by atoms with van der Waals surface area (Å²) >= 11 is 2.00. The van der Waals surface area contributed by atoms with Gasteiger partial charge in [-0.15, -0.1) is 11.3 Å². The Balaban J connectivity index is 1.55. The molecule has 20 heavy (non-hydrogen) atoms. The van der Waals surface area contributed by atoms with E-state index in [1.165, 1.54) is 42.1 Å². The van der Waals surface area contributed by atoms with Gasteiger partial charge in [-0.1, -0.05) is 6.92 Å². The molecule has 112 valence electrons. The van der Waals surface area contributed by atoms with Crippen LogP contribution in [0.15, 0.2) is 12.1 Å². The summed E-state index contributed by atoms with van der Waals surface area (Å²) in [5, 5.41) is 0. The van der Waals surface area contributed by atoms with Crippen LogP contribution < -0.4 is 0 Å². The highest BCUT2D eigenvalue weighted by atomic mass is 32.1. The highest BCUT2D eigenvalue weighted by Crippen LogP contribution is 2.23. The van der Waals surface area contributed by atoms with Gasteiger partial charge in [0.2, 0.25) is 0 Å². The Labute approximate surface area is 126 Å². The van der Waals surface area contributed by atoms with Crippen molar-refractivity contribution in [3.63, 3.8) is 0 Å². The van der Waals surface area contributed by atoms with Gasteiger partial charge in [-0.05, 0) is 44.5 Å². The van der Waals surface area contributed by atoms with Crippen molar-refractivity contribution in [3.05, 3.63) is 21.9 Å². The SMILES string of the molecule is CC[C@H]1COCCN1Cc1ccc(CN2CCCC2)s1. The second-order valence-corrected chi connectivity index (χ2v) is 7.21. The average molecular weight is 294 g/mol. The molecule has 0 saturated carbocycles. The van der Waals surface area contributed by atoms with Gasteiger partial charge in [0.1, 0.15) is 0 Å². The average Bonchev–Trinajstić information content (AvgIpc) is 3.12. The first kappa shape index (κ1) is 14.5. The molecule has 0 unspecified atom stereocenters. The molecule has 2 saturated heterocycles. The quantitative estimate of drug-likeness (QED) is 0.830. The lowest BCUT2D eigenvalue weighted by molar-refractivity contribution is -0.0122. The third kappa shape index (κ3) is 3.61. The molecular weight excluding hydrogens is 268 g/mol. The van der Waals surface area contributed by atoms with Gasteiger partial charge >= 0.3 is 0 Å². The fourth-order valence-electron chi connectivity index (χ4n) is 3.23. The van der Waals surface area contributed by atoms with Gasteiger partial charge in [-0.3, -0.25) is 9.80 Å². The lowest BCUT2D eigenvalue weighted by Crippen LogP contribution is -2.44. The van der Waals surface area contributed by atoms with Crippen molar-refractivity contribution in [1.29, 1.82) is 0 Å². The van der Waals surface area contributed by atoms with E-state index in [9.17, 15) is 0 Å². The molecule has 0 aromatic carbocycles. The molecule has 0 bridgehead atoms. The topological polar surface area (TPSA) is 15.7 Å². The Kier molecular flexibility index (Phi) is 5.10. The van der Waals surface area contributed by atoms with Crippen molar-refractivity contribution < 1.29 is 4.74 Å². The van der Waals surface area contributed by atoms with Crippen molar-refractivity contribution in [2.75, 3.05) is 32.8 Å². The summed E-state index contributed by atoms with van der Waals surface area (Å²) in [6.45, 7) is 9.98. The van der Waals surface area contributed by atoms with Gasteiger partial charge in [0.25, 0.3) is 0 Å². The van der Waals surface area contributed by atoms with Gasteiger partial charge in [-0.2, -0.15) is 0 Å². The number of rotatable bonds is 5. The van der Waals surface area contributed by atoms with Crippen LogP contribution >= 0.6 is 11.3 Å². The zero-order chi connectivity index (χ0) is 13.8. The first-order chi connectivity index (χ1) is 9.85. The molecule has 3 heterocycles. The Bertz CT molecular complexity index is 414. The van der Waals surface area contributed by atoms with Crippen LogP contribution in [-0.2, 0) is 17.8 Å². The molecule has 3 nitrogen and oxygen atoms in total. The first-order valence-corrected chi connectivity index (χ1v) is 8.78. The van der Waals surface area contributed by atoms with Crippen LogP contribution in [0.4, 0.5) is 0 Å². The summed E-state index contributed by atoms with van der Waals surface area (Å²) in [5.41, 5.74) is 0. The molecule has 1 aromatic heterocycles. The Hall–Kier alpha value is -0.420. The largest absolute Gasteiger partial charge is 0.378 e. The Morgan fingerprint density at radius 2 is 1.90 bits per heavy atom. The Morgan fingerprint density at radius 3 is 2.65 bits per heavy atom. The maximum absolute atomic E-state index is 5.59. The molecule has 0 spiro atoms. The monoisotopic (exact) mass is 294 g/mol. The summed E-state index contributed by atoms with van der Waals surface area (Å²) in [6, 6.07) is 5.27. The summed E-state index contributed by atoms with van der Waals surface area (Å²) < 4.78 is 5.59. The van der Waals surface area contributed by atoms with Crippen molar-refractivity contribution in [3.8, 4) is 0 Å². The smallest absolute Gasteiger partial charge is 0.0622 e. The predicted molar refractivity (Wildman–Crippen MR) is 84.1 cm³/mol. The summed E-state index contributed by atoms with van der Waals surface area (Å²) in [5.74, 6) is 0. The summed E-state index contributed by atoms with van der Waals surface area (Å²) in [4.78, 5) is 8.22. The molecule has 0 N–H and O–H groups in total. The first-order valence-electron chi connectivity index (χ1n) is 7.97. The minimum absolute atomic E-state index is 0.605. The van der Waals surface area contributed by atoms with Crippen LogP contribution in [0.5, 0.6) is 0 Å². The van der Waals surface area contributed by atoms with E-state index in [0.717, 1.165) is 32.8 Å². The van der Waals surface area contributed by atoms with Crippen molar-refractivity contribution in [2.45, 2.75) is 45.3 Å². The molecule has 3 rings (SSSR count). The predicted octanol–water partition coefficient (Wildman–Crippen LogP) is 2.95. The van der Waals surface area contributed by atoms with Crippen LogP contribution in [0.2, 0.25) is 0 Å². The maximum atomic E-state index is 5.59. The molecule has 2 aliphatic heterocycles. The van der Waals surface area contributed by atoms with E-state index in [4.69, 9.17) is 4.74 Å². The number of hydrogen-bond acceptors (Lipinski definition) is 4. The molecule has 4 heteroatoms. The summed E-state index contributed by atoms with van der Waals surface area (Å²) in [6.07, 6.45) is 3.94. The third-order valence-electron chi connectivity index (χ3n) is 4.48. The number of hydrogen-bond donors (Lipinski definition) is 0. The highest BCUT2D eigenvalue weighted by Gasteiger charge is 2.22. The fourth-order valence-corrected chi connectivity index (χ4v) is 4.31. The normalized spacial score (nSPS) is 25.4. The molecule has 2 aliphatic rings. The van der Waals surface area contributed by atoms with E-state index in [1.54, 1.807) is 0 Å². The number of morpholine rings is 1. The minimum atomic E-state index is 0.605. The van der Waals surface area contributed by atoms with Crippen molar-refractivity contribution in [1.82, 2.24) is 9.80 Å². The lowest BCUT2D eigenvalue weighted by atomic mass is 10.2. The number of ether oxygens (including phenoxy) is 1. The van der Waals surface area contributed by atoms with Crippen LogP contribution in [0.1, 0.15) is 35.9 Å². The van der Waals surface area contributed by atoms with E-state index < -0.39 is 0 Å². The Morgan fingerprint density at radius 1 is 1.15 bits per heavy atom. The number of nitrogens with zero attached hydrogens (tertiary/aromatic N) is 2. The zero-order valence-electron chi connectivity index (χ0n) is 12.5. The van der Waals surface area contributed by atoms with E-state index in [2.05, 4.69) is 28.9 Å². The van der Waals surface area contributed by atoms with E-state index in [1.807, 2.05) is 11.3 Å². The van der Waals surface area contributed by atoms with E-state index >= 15 is 0 Å². The maximum Gasteiger partial charge on any atom is 0.0622 e. The molecule has 1 atom stereocenters. The third-order valence-corrected chi connectivity index (χ3v) is 5.53. The van der Waals surface area contributed by atoms with E-state index in [-0.39, 0.29) is 0 Å². The second kappa shape index (κ2) is 7.03. The fraction of sp³-hybridized carbons (Fsp3) is 0.750. The minimum Gasteiger partial charge on any atom is -0.378 e. The van der Waals surface area contributed by atoms with Gasteiger partial charge in [0.05, 0.1) is 13.2 Å². The van der Waals surface area contributed by atoms with Gasteiger partial charge in [-0.25, -0.2) is 0 Å². The van der Waals surface area contributed by atoms with Crippen LogP contribution in [0.3, 0.4) is 0 Å². The zero-order valence-corrected chi connectivity index (χ0v) is 13.3. The van der Waals surface area contributed by atoms with Crippen molar-refractivity contribution in [2.24, 2.45) is 0 Å². The van der Waals surface area contributed by atoms with Crippen molar-refractivity contribution >= 4 is 11.3 Å². The molecule has 0 amide bonds. The standard InChI is InChI=1S/C16H26N2OS/c1-2-14-13-19-10-9-18(14)12-16-6-5-15(20-16)11-17-7-3-4-8-17/h5-6,14H,2-4,7-13H2,1H3/t14-/m0/s1. The highest BCUT2D eigenvalue weighted by molar-refractivity contribution is 7.11. The molecule has 0 radical (unpaired) electrons. The van der Waals surface area contributed by atoms with E-state index in [0.29, 0.717) is 6.04 Å². The van der Waals surface area contributed by atoms with Gasteiger partial charge < -0.3 is 4.74 Å². The molecule has 1 aromatic rings. The molecule has 2 fully saturated rings.